The van der Waals surface area contributed by atoms with Gasteiger partial charge in [-0.05, 0) is 55.8 Å². The number of aryl methyl sites for hydroxylation is 1. The minimum Gasteiger partial charge on any atom is -0.312 e. The number of benzene rings is 1. The summed E-state index contributed by atoms with van der Waals surface area (Å²) in [5, 5.41) is 3.36. The van der Waals surface area contributed by atoms with E-state index >= 15 is 0 Å². The first kappa shape index (κ1) is 14.2. The summed E-state index contributed by atoms with van der Waals surface area (Å²) in [5.41, 5.74) is 2.12. The highest BCUT2D eigenvalue weighted by Crippen LogP contribution is 2.34. The zero-order valence-electron chi connectivity index (χ0n) is 11.7. The molecule has 102 valence electrons. The van der Waals surface area contributed by atoms with Crippen LogP contribution in [-0.2, 0) is 0 Å². The third-order valence-corrected chi connectivity index (χ3v) is 4.58. The Bertz CT molecular complexity index is 547. The molecule has 1 aromatic carbocycles. The number of thiophene rings is 1. The van der Waals surface area contributed by atoms with Crippen molar-refractivity contribution >= 4 is 11.3 Å². The first-order valence-corrected chi connectivity index (χ1v) is 7.51. The summed E-state index contributed by atoms with van der Waals surface area (Å²) in [6.45, 7) is 4.16. The molecule has 0 saturated carbocycles. The van der Waals surface area contributed by atoms with Crippen LogP contribution in [0.15, 0.2) is 30.3 Å². The molecule has 1 heterocycles. The minimum absolute atomic E-state index is 0.169. The van der Waals surface area contributed by atoms with Gasteiger partial charge in [-0.2, -0.15) is 0 Å². The molecule has 0 radical (unpaired) electrons. The molecule has 1 N–H and O–H groups in total. The molecule has 3 heteroatoms. The number of nitrogens with one attached hydrogen (secondary N) is 1. The molecular weight excluding hydrogens is 257 g/mol. The molecule has 0 aliphatic carbocycles. The van der Waals surface area contributed by atoms with Crippen LogP contribution in [0, 0.1) is 12.7 Å². The van der Waals surface area contributed by atoms with Crippen LogP contribution in [0.25, 0.3) is 10.4 Å². The second-order valence-electron chi connectivity index (χ2n) is 4.79. The van der Waals surface area contributed by atoms with Crippen LogP contribution >= 0.6 is 11.3 Å². The van der Waals surface area contributed by atoms with Gasteiger partial charge in [0.1, 0.15) is 5.82 Å². The van der Waals surface area contributed by atoms with E-state index in [1.54, 1.807) is 17.4 Å². The van der Waals surface area contributed by atoms with E-state index in [1.807, 2.05) is 20.0 Å². The Kier molecular flexibility index (Phi) is 4.72. The zero-order valence-corrected chi connectivity index (χ0v) is 12.5. The van der Waals surface area contributed by atoms with Gasteiger partial charge in [-0.3, -0.25) is 0 Å². The van der Waals surface area contributed by atoms with Crippen molar-refractivity contribution in [2.45, 2.75) is 32.7 Å². The first-order valence-electron chi connectivity index (χ1n) is 6.69. The molecule has 0 amide bonds. The average molecular weight is 277 g/mol. The predicted octanol–water partition coefficient (Wildman–Crippen LogP) is 4.92. The van der Waals surface area contributed by atoms with Gasteiger partial charge >= 0.3 is 0 Å². The van der Waals surface area contributed by atoms with Crippen molar-refractivity contribution in [3.05, 3.63) is 46.6 Å². The lowest BCUT2D eigenvalue weighted by molar-refractivity contribution is 0.550. The van der Waals surface area contributed by atoms with Crippen LogP contribution in [0.4, 0.5) is 4.39 Å². The van der Waals surface area contributed by atoms with Crippen molar-refractivity contribution < 1.29 is 4.39 Å². The largest absolute Gasteiger partial charge is 0.312 e. The number of hydrogen-bond donors (Lipinski definition) is 1. The summed E-state index contributed by atoms with van der Waals surface area (Å²) in [4.78, 5) is 2.56. The van der Waals surface area contributed by atoms with Crippen molar-refractivity contribution in [3.8, 4) is 10.4 Å². The monoisotopic (exact) mass is 277 g/mol. The van der Waals surface area contributed by atoms with E-state index < -0.39 is 0 Å². The van der Waals surface area contributed by atoms with Gasteiger partial charge < -0.3 is 5.32 Å². The topological polar surface area (TPSA) is 12.0 Å². The SMILES string of the molecule is CCCC(NC)c1ccc(-c2ccc(F)cc2C)s1. The fraction of sp³-hybridized carbons (Fsp3) is 0.375. The maximum Gasteiger partial charge on any atom is 0.123 e. The van der Waals surface area contributed by atoms with Gasteiger partial charge in [0.2, 0.25) is 0 Å². The Morgan fingerprint density at radius 3 is 2.68 bits per heavy atom. The van der Waals surface area contributed by atoms with Crippen LogP contribution in [0.3, 0.4) is 0 Å². The van der Waals surface area contributed by atoms with Gasteiger partial charge in [-0.1, -0.05) is 19.4 Å². The molecule has 0 saturated heterocycles. The van der Waals surface area contributed by atoms with Gasteiger partial charge in [0.15, 0.2) is 0 Å². The van der Waals surface area contributed by atoms with Crippen LogP contribution in [-0.4, -0.2) is 7.05 Å². The molecule has 2 aromatic rings. The van der Waals surface area contributed by atoms with Gasteiger partial charge in [-0.25, -0.2) is 4.39 Å². The van der Waals surface area contributed by atoms with Crippen LogP contribution in [0.1, 0.15) is 36.2 Å². The van der Waals surface area contributed by atoms with Crippen molar-refractivity contribution in [2.75, 3.05) is 7.05 Å². The average Bonchev–Trinajstić information content (AvgIpc) is 2.85. The van der Waals surface area contributed by atoms with Crippen molar-refractivity contribution in [1.29, 1.82) is 0 Å². The Balaban J connectivity index is 2.29. The lowest BCUT2D eigenvalue weighted by Crippen LogP contribution is -2.14. The quantitative estimate of drug-likeness (QED) is 0.817. The van der Waals surface area contributed by atoms with Crippen molar-refractivity contribution in [2.24, 2.45) is 0 Å². The zero-order chi connectivity index (χ0) is 13.8. The van der Waals surface area contributed by atoms with E-state index in [4.69, 9.17) is 0 Å². The lowest BCUT2D eigenvalue weighted by Gasteiger charge is -2.12. The molecule has 1 aromatic heterocycles. The fourth-order valence-corrected chi connectivity index (χ4v) is 3.55. The van der Waals surface area contributed by atoms with E-state index in [-0.39, 0.29) is 5.82 Å². The first-order chi connectivity index (χ1) is 9.15. The number of halogens is 1. The van der Waals surface area contributed by atoms with Gasteiger partial charge in [-0.15, -0.1) is 11.3 Å². The van der Waals surface area contributed by atoms with Crippen LogP contribution < -0.4 is 5.32 Å². The molecule has 0 aliphatic rings. The summed E-state index contributed by atoms with van der Waals surface area (Å²) < 4.78 is 13.1. The van der Waals surface area contributed by atoms with Crippen molar-refractivity contribution in [3.63, 3.8) is 0 Å². The third kappa shape index (κ3) is 3.23. The predicted molar refractivity (Wildman–Crippen MR) is 81.2 cm³/mol. The molecule has 0 spiro atoms. The second-order valence-corrected chi connectivity index (χ2v) is 5.91. The van der Waals surface area contributed by atoms with Crippen LogP contribution in [0.2, 0.25) is 0 Å². The van der Waals surface area contributed by atoms with E-state index in [2.05, 4.69) is 24.4 Å². The Morgan fingerprint density at radius 2 is 2.05 bits per heavy atom. The lowest BCUT2D eigenvalue weighted by atomic mass is 10.1. The van der Waals surface area contributed by atoms with E-state index in [1.165, 1.54) is 15.8 Å². The van der Waals surface area contributed by atoms with Gasteiger partial charge in [0.05, 0.1) is 0 Å². The normalized spacial score (nSPS) is 12.6. The Hall–Kier alpha value is -1.19. The fourth-order valence-electron chi connectivity index (χ4n) is 2.31. The van der Waals surface area contributed by atoms with E-state index in [9.17, 15) is 4.39 Å². The highest BCUT2D eigenvalue weighted by Gasteiger charge is 2.12. The highest BCUT2D eigenvalue weighted by molar-refractivity contribution is 7.15. The Labute approximate surface area is 118 Å². The van der Waals surface area contributed by atoms with E-state index in [0.717, 1.165) is 24.0 Å². The molecule has 19 heavy (non-hydrogen) atoms. The van der Waals surface area contributed by atoms with E-state index in [0.29, 0.717) is 6.04 Å². The highest BCUT2D eigenvalue weighted by atomic mass is 32.1. The maximum atomic E-state index is 13.1. The standard InChI is InChI=1S/C16H20FNS/c1-4-5-14(18-3)16-9-8-15(19-16)13-7-6-12(17)10-11(13)2/h6-10,14,18H,4-5H2,1-3H3. The molecule has 0 bridgehead atoms. The molecule has 1 nitrogen and oxygen atoms in total. The van der Waals surface area contributed by atoms with Crippen molar-refractivity contribution in [1.82, 2.24) is 5.32 Å². The maximum absolute atomic E-state index is 13.1. The molecule has 1 unspecified atom stereocenters. The van der Waals surface area contributed by atoms with Crippen LogP contribution in [0.5, 0.6) is 0 Å². The number of rotatable bonds is 5. The summed E-state index contributed by atoms with van der Waals surface area (Å²) >= 11 is 1.79. The molecule has 0 fully saturated rings. The number of hydrogen-bond acceptors (Lipinski definition) is 2. The minimum atomic E-state index is -0.169. The summed E-state index contributed by atoms with van der Waals surface area (Å²) in [6, 6.07) is 9.73. The van der Waals surface area contributed by atoms with Gasteiger partial charge in [0.25, 0.3) is 0 Å². The molecule has 2 rings (SSSR count). The van der Waals surface area contributed by atoms with Gasteiger partial charge in [0, 0.05) is 15.8 Å². The summed E-state index contributed by atoms with van der Waals surface area (Å²) in [6.07, 6.45) is 2.30. The second kappa shape index (κ2) is 6.31. The smallest absolute Gasteiger partial charge is 0.123 e. The third-order valence-electron chi connectivity index (χ3n) is 3.35. The summed E-state index contributed by atoms with van der Waals surface area (Å²) in [5.74, 6) is -0.169. The molecule has 1 atom stereocenters. The molecular formula is C16H20FNS. The summed E-state index contributed by atoms with van der Waals surface area (Å²) in [7, 11) is 2.00. The Morgan fingerprint density at radius 1 is 1.26 bits per heavy atom. The molecule has 0 aliphatic heterocycles.